The number of rotatable bonds is 8. The van der Waals surface area contributed by atoms with Gasteiger partial charge in [0.05, 0.1) is 5.56 Å². The summed E-state index contributed by atoms with van der Waals surface area (Å²) in [6.07, 6.45) is 6.50. The lowest BCUT2D eigenvalue weighted by Gasteiger charge is -2.10. The smallest absolute Gasteiger partial charge is 0.196 e. The van der Waals surface area contributed by atoms with E-state index < -0.39 is 0 Å². The zero-order valence-corrected chi connectivity index (χ0v) is 13.4. The van der Waals surface area contributed by atoms with E-state index in [1.54, 1.807) is 6.20 Å². The molecule has 3 nitrogen and oxygen atoms in total. The molecule has 0 radical (unpaired) electrons. The zero-order chi connectivity index (χ0) is 15.8. The number of hydrogen-bond acceptors (Lipinski definition) is 3. The van der Waals surface area contributed by atoms with Crippen molar-refractivity contribution in [3.63, 3.8) is 0 Å². The first-order chi connectivity index (χ1) is 10.7. The number of hydrogen-bond donors (Lipinski definition) is 1. The fourth-order valence-electron chi connectivity index (χ4n) is 2.35. The van der Waals surface area contributed by atoms with Crippen molar-refractivity contribution in [2.24, 2.45) is 0 Å². The molecule has 1 aromatic heterocycles. The summed E-state index contributed by atoms with van der Waals surface area (Å²) in [4.78, 5) is 17.0. The van der Waals surface area contributed by atoms with Crippen molar-refractivity contribution in [3.8, 4) is 0 Å². The molecule has 0 atom stereocenters. The van der Waals surface area contributed by atoms with Gasteiger partial charge < -0.3 is 5.32 Å². The molecule has 0 bridgehead atoms. The van der Waals surface area contributed by atoms with Crippen LogP contribution in [-0.2, 0) is 0 Å². The lowest BCUT2D eigenvalue weighted by molar-refractivity contribution is 0.103. The number of aromatic nitrogens is 1. The maximum absolute atomic E-state index is 12.6. The number of benzene rings is 1. The summed E-state index contributed by atoms with van der Waals surface area (Å²) in [5.74, 6) is 0.703. The number of carbonyl (C=O) groups excluding carboxylic acids is 1. The van der Waals surface area contributed by atoms with E-state index in [1.807, 2.05) is 43.3 Å². The van der Waals surface area contributed by atoms with Crippen LogP contribution < -0.4 is 5.32 Å². The molecule has 0 aliphatic rings. The van der Waals surface area contributed by atoms with Gasteiger partial charge in [-0.2, -0.15) is 0 Å². The van der Waals surface area contributed by atoms with E-state index >= 15 is 0 Å². The number of nitrogens with one attached hydrogen (secondary N) is 1. The molecule has 3 heteroatoms. The Morgan fingerprint density at radius 1 is 1.09 bits per heavy atom. The van der Waals surface area contributed by atoms with Crippen molar-refractivity contribution in [2.45, 2.75) is 39.5 Å². The highest BCUT2D eigenvalue weighted by Crippen LogP contribution is 2.17. The molecule has 0 fully saturated rings. The van der Waals surface area contributed by atoms with E-state index in [2.05, 4.69) is 17.2 Å². The third kappa shape index (κ3) is 4.42. The molecular weight excluding hydrogens is 272 g/mol. The van der Waals surface area contributed by atoms with Crippen LogP contribution in [-0.4, -0.2) is 17.3 Å². The molecule has 1 aromatic carbocycles. The number of pyridine rings is 1. The summed E-state index contributed by atoms with van der Waals surface area (Å²) < 4.78 is 0. The number of anilines is 1. The van der Waals surface area contributed by atoms with Crippen LogP contribution in [0.15, 0.2) is 42.6 Å². The van der Waals surface area contributed by atoms with Crippen molar-refractivity contribution in [1.82, 2.24) is 4.98 Å². The van der Waals surface area contributed by atoms with Crippen LogP contribution in [0.3, 0.4) is 0 Å². The lowest BCUT2D eigenvalue weighted by atomic mass is 10.0. The molecular formula is C19H24N2O. The summed E-state index contributed by atoms with van der Waals surface area (Å²) in [5.41, 5.74) is 2.49. The predicted octanol–water partition coefficient (Wildman–Crippen LogP) is 4.61. The minimum atomic E-state index is 0.0177. The molecule has 0 saturated heterocycles. The Balaban J connectivity index is 2.07. The number of aryl methyl sites for hydroxylation is 1. The summed E-state index contributed by atoms with van der Waals surface area (Å²) in [6, 6.07) is 11.3. The van der Waals surface area contributed by atoms with Gasteiger partial charge in [-0.1, -0.05) is 56.0 Å². The second kappa shape index (κ2) is 8.32. The highest BCUT2D eigenvalue weighted by atomic mass is 16.1. The molecule has 1 heterocycles. The van der Waals surface area contributed by atoms with Crippen molar-refractivity contribution in [2.75, 3.05) is 11.9 Å². The van der Waals surface area contributed by atoms with Gasteiger partial charge in [-0.25, -0.2) is 4.98 Å². The average Bonchev–Trinajstić information content (AvgIpc) is 2.55. The van der Waals surface area contributed by atoms with Crippen LogP contribution in [0.4, 0.5) is 5.82 Å². The van der Waals surface area contributed by atoms with Crippen molar-refractivity contribution >= 4 is 11.6 Å². The third-order valence-corrected chi connectivity index (χ3v) is 3.69. The van der Waals surface area contributed by atoms with Gasteiger partial charge in [-0.05, 0) is 25.5 Å². The SMILES string of the molecule is CCCCCCNc1ncccc1C(=O)c1ccc(C)cc1. The van der Waals surface area contributed by atoms with E-state index in [-0.39, 0.29) is 5.78 Å². The maximum Gasteiger partial charge on any atom is 0.196 e. The standard InChI is InChI=1S/C19H24N2O/c1-3-4-5-6-13-20-19-17(8-7-14-21-19)18(22)16-11-9-15(2)10-12-16/h7-12,14H,3-6,13H2,1-2H3,(H,20,21). The first-order valence-corrected chi connectivity index (χ1v) is 8.02. The fourth-order valence-corrected chi connectivity index (χ4v) is 2.35. The lowest BCUT2D eigenvalue weighted by Crippen LogP contribution is -2.10. The van der Waals surface area contributed by atoms with Gasteiger partial charge in [0.15, 0.2) is 5.78 Å². The van der Waals surface area contributed by atoms with Crippen molar-refractivity contribution < 1.29 is 4.79 Å². The van der Waals surface area contributed by atoms with E-state index in [0.29, 0.717) is 16.9 Å². The number of unbranched alkanes of at least 4 members (excludes halogenated alkanes) is 3. The van der Waals surface area contributed by atoms with Crippen molar-refractivity contribution in [1.29, 1.82) is 0 Å². The second-order valence-corrected chi connectivity index (χ2v) is 5.58. The zero-order valence-electron chi connectivity index (χ0n) is 13.4. The normalized spacial score (nSPS) is 10.5. The van der Waals surface area contributed by atoms with E-state index in [0.717, 1.165) is 18.5 Å². The van der Waals surface area contributed by atoms with Crippen LogP contribution >= 0.6 is 0 Å². The van der Waals surface area contributed by atoms with Crippen LogP contribution in [0.5, 0.6) is 0 Å². The minimum Gasteiger partial charge on any atom is -0.369 e. The molecule has 2 rings (SSSR count). The molecule has 0 saturated carbocycles. The Bertz CT molecular complexity index is 605. The predicted molar refractivity (Wildman–Crippen MR) is 91.5 cm³/mol. The number of ketones is 1. The van der Waals surface area contributed by atoms with Gasteiger partial charge in [0.1, 0.15) is 5.82 Å². The highest BCUT2D eigenvalue weighted by molar-refractivity contribution is 6.11. The Labute approximate surface area is 132 Å². The molecule has 0 amide bonds. The monoisotopic (exact) mass is 296 g/mol. The van der Waals surface area contributed by atoms with Gasteiger partial charge in [-0.15, -0.1) is 0 Å². The number of carbonyl (C=O) groups is 1. The topological polar surface area (TPSA) is 42.0 Å². The second-order valence-electron chi connectivity index (χ2n) is 5.58. The van der Waals surface area contributed by atoms with E-state index in [9.17, 15) is 4.79 Å². The third-order valence-electron chi connectivity index (χ3n) is 3.69. The van der Waals surface area contributed by atoms with Gasteiger partial charge >= 0.3 is 0 Å². The van der Waals surface area contributed by atoms with Gasteiger partial charge in [0.2, 0.25) is 0 Å². The van der Waals surface area contributed by atoms with Gasteiger partial charge in [0, 0.05) is 18.3 Å². The average molecular weight is 296 g/mol. The molecule has 0 aliphatic carbocycles. The summed E-state index contributed by atoms with van der Waals surface area (Å²) in [6.45, 7) is 5.07. The molecule has 116 valence electrons. The fraction of sp³-hybridized carbons (Fsp3) is 0.368. The summed E-state index contributed by atoms with van der Waals surface area (Å²) in [5, 5.41) is 3.30. The molecule has 0 unspecified atom stereocenters. The van der Waals surface area contributed by atoms with E-state index in [1.165, 1.54) is 19.3 Å². The maximum atomic E-state index is 12.6. The van der Waals surface area contributed by atoms with Crippen LogP contribution in [0.25, 0.3) is 0 Å². The highest BCUT2D eigenvalue weighted by Gasteiger charge is 2.13. The molecule has 0 spiro atoms. The quantitative estimate of drug-likeness (QED) is 0.571. The Morgan fingerprint density at radius 2 is 1.86 bits per heavy atom. The van der Waals surface area contributed by atoms with Crippen LogP contribution in [0.2, 0.25) is 0 Å². The van der Waals surface area contributed by atoms with Crippen LogP contribution in [0, 0.1) is 6.92 Å². The summed E-state index contributed by atoms with van der Waals surface area (Å²) >= 11 is 0. The van der Waals surface area contributed by atoms with E-state index in [4.69, 9.17) is 0 Å². The van der Waals surface area contributed by atoms with Gasteiger partial charge in [-0.3, -0.25) is 4.79 Å². The first-order valence-electron chi connectivity index (χ1n) is 8.02. The summed E-state index contributed by atoms with van der Waals surface area (Å²) in [7, 11) is 0. The molecule has 1 N–H and O–H groups in total. The Kier molecular flexibility index (Phi) is 6.13. The molecule has 22 heavy (non-hydrogen) atoms. The number of nitrogens with zero attached hydrogens (tertiary/aromatic N) is 1. The van der Waals surface area contributed by atoms with Gasteiger partial charge in [0.25, 0.3) is 0 Å². The minimum absolute atomic E-state index is 0.0177. The molecule has 0 aliphatic heterocycles. The Morgan fingerprint density at radius 3 is 2.59 bits per heavy atom. The largest absolute Gasteiger partial charge is 0.369 e. The van der Waals surface area contributed by atoms with Crippen molar-refractivity contribution in [3.05, 3.63) is 59.3 Å². The first kappa shape index (κ1) is 16.2. The molecule has 2 aromatic rings. The Hall–Kier alpha value is -2.16. The van der Waals surface area contributed by atoms with Crippen LogP contribution in [0.1, 0.15) is 54.1 Å².